The molecule has 9 atom stereocenters. The third-order valence-electron chi connectivity index (χ3n) is 10.6. The summed E-state index contributed by atoms with van der Waals surface area (Å²) >= 11 is 0. The van der Waals surface area contributed by atoms with Gasteiger partial charge in [0.1, 0.15) is 6.04 Å². The maximum absolute atomic E-state index is 14.2. The summed E-state index contributed by atoms with van der Waals surface area (Å²) in [5, 5.41) is 6.00. The average Bonchev–Trinajstić information content (AvgIpc) is 3.59. The van der Waals surface area contributed by atoms with Crippen molar-refractivity contribution in [1.82, 2.24) is 25.3 Å². The minimum absolute atomic E-state index is 0.0151. The third-order valence-corrected chi connectivity index (χ3v) is 10.6. The molecule has 12 heteroatoms. The smallest absolute Gasteiger partial charge is 0.247 e. The van der Waals surface area contributed by atoms with Crippen molar-refractivity contribution in [1.29, 1.82) is 0 Å². The summed E-state index contributed by atoms with van der Waals surface area (Å²) < 4.78 is 11.9. The van der Waals surface area contributed by atoms with Crippen LogP contribution in [0.15, 0.2) is 35.3 Å². The van der Waals surface area contributed by atoms with Gasteiger partial charge in [-0.2, -0.15) is 0 Å². The summed E-state index contributed by atoms with van der Waals surface area (Å²) in [6, 6.07) is 7.26. The van der Waals surface area contributed by atoms with Crippen LogP contribution in [-0.4, -0.2) is 136 Å². The summed E-state index contributed by atoms with van der Waals surface area (Å²) in [4.78, 5) is 64.4. The van der Waals surface area contributed by atoms with Crippen molar-refractivity contribution in [3.8, 4) is 0 Å². The summed E-state index contributed by atoms with van der Waals surface area (Å²) in [6.07, 6.45) is 1.89. The van der Waals surface area contributed by atoms with Gasteiger partial charge in [0.05, 0.1) is 48.7 Å². The molecule has 0 spiro atoms. The van der Waals surface area contributed by atoms with Crippen LogP contribution in [0.2, 0.25) is 0 Å². The molecule has 12 nitrogen and oxygen atoms in total. The molecule has 0 aromatic heterocycles. The van der Waals surface area contributed by atoms with Crippen molar-refractivity contribution in [2.45, 2.75) is 116 Å². The molecule has 4 amide bonds. The highest BCUT2D eigenvalue weighted by Gasteiger charge is 2.43. The molecule has 0 bridgehead atoms. The van der Waals surface area contributed by atoms with Gasteiger partial charge in [0.2, 0.25) is 23.6 Å². The van der Waals surface area contributed by atoms with E-state index in [1.165, 1.54) is 0 Å². The van der Waals surface area contributed by atoms with E-state index in [1.807, 2.05) is 88.8 Å². The minimum Gasteiger partial charge on any atom is -0.379 e. The van der Waals surface area contributed by atoms with E-state index in [0.29, 0.717) is 13.1 Å². The van der Waals surface area contributed by atoms with Crippen LogP contribution in [0.3, 0.4) is 0 Å². The highest BCUT2D eigenvalue weighted by molar-refractivity contribution is 5.90. The van der Waals surface area contributed by atoms with Gasteiger partial charge in [-0.3, -0.25) is 29.1 Å². The fraction of sp³-hybridized carbons (Fsp3) is 0.718. The fourth-order valence-electron chi connectivity index (χ4n) is 7.53. The summed E-state index contributed by atoms with van der Waals surface area (Å²) in [5.41, 5.74) is 1.15. The predicted octanol–water partition coefficient (Wildman–Crippen LogP) is 3.43. The van der Waals surface area contributed by atoms with Gasteiger partial charge in [-0.25, -0.2) is 0 Å². The number of rotatable bonds is 21. The highest BCUT2D eigenvalue weighted by atomic mass is 16.5. The zero-order valence-corrected chi connectivity index (χ0v) is 33.1. The quantitative estimate of drug-likeness (QED) is 0.187. The van der Waals surface area contributed by atoms with E-state index in [0.717, 1.165) is 31.2 Å². The maximum atomic E-state index is 14.2. The van der Waals surface area contributed by atoms with Crippen LogP contribution in [0.1, 0.15) is 72.8 Å². The number of nitrogens with zero attached hydrogens (tertiary/aromatic N) is 4. The first-order valence-corrected chi connectivity index (χ1v) is 18.5. The molecule has 0 unspecified atom stereocenters. The molecule has 1 heterocycles. The second kappa shape index (κ2) is 21.2. The van der Waals surface area contributed by atoms with Crippen LogP contribution in [0.5, 0.6) is 0 Å². The number of amides is 4. The Bertz CT molecular complexity index is 1250. The summed E-state index contributed by atoms with van der Waals surface area (Å²) in [7, 11) is 8.53. The van der Waals surface area contributed by atoms with Gasteiger partial charge in [0, 0.05) is 34.4 Å². The minimum atomic E-state index is -0.952. The molecule has 1 aliphatic heterocycles. The van der Waals surface area contributed by atoms with Gasteiger partial charge in [0.25, 0.3) is 0 Å². The standard InChI is InChI=1S/C39H66N6O6/c1-13-26(4)35(44(10)39(49)33(28(6)40-7)42-38(48)34(25(2)3)43(8)9)31(50-11)24-32(46)45-23-17-20-30(45)36(51-12)27(5)37(47)41-22-21-29-18-15-14-16-19-29/h14-16,18-19,25-28,30-31,33-36H,7,13,17,20-24H2,1-6,8-12H3,(H,41,47)(H,42,48)/t26-,27+,28-,30-,31+,33-,34-,35-,36+/m0/s1. The van der Waals surface area contributed by atoms with Gasteiger partial charge >= 0.3 is 0 Å². The molecule has 2 N–H and O–H groups in total. The fourth-order valence-corrected chi connectivity index (χ4v) is 7.53. The Hall–Kier alpha value is -3.35. The topological polar surface area (TPSA) is 133 Å². The van der Waals surface area contributed by atoms with Crippen molar-refractivity contribution in [2.24, 2.45) is 22.7 Å². The third kappa shape index (κ3) is 11.8. The molecular weight excluding hydrogens is 648 g/mol. The molecule has 1 aromatic carbocycles. The number of carbonyl (C=O) groups excluding carboxylic acids is 4. The van der Waals surface area contributed by atoms with Crippen LogP contribution >= 0.6 is 0 Å². The number of hydrogen-bond donors (Lipinski definition) is 2. The molecule has 0 saturated carbocycles. The first-order chi connectivity index (χ1) is 24.1. The molecule has 2 rings (SSSR count). The number of carbonyl (C=O) groups is 4. The van der Waals surface area contributed by atoms with E-state index in [-0.39, 0.29) is 47.9 Å². The SMILES string of the molecule is C=N[C@@H](C)[C@H](NC(=O)[C@H](C(C)C)N(C)C)C(=O)N(C)[C@@H]([C@@H](C)CC)[C@@H](CC(=O)N1CCC[C@H]1[C@H](OC)[C@@H](C)C(=O)NCCc1ccccc1)OC. The van der Waals surface area contributed by atoms with Gasteiger partial charge < -0.3 is 29.9 Å². The number of likely N-dealkylation sites (N-methyl/N-ethyl adjacent to an activating group) is 2. The normalized spacial score (nSPS) is 19.4. The molecule has 1 saturated heterocycles. The Kier molecular flexibility index (Phi) is 18.2. The van der Waals surface area contributed by atoms with E-state index in [9.17, 15) is 19.2 Å². The number of hydrogen-bond acceptors (Lipinski definition) is 8. The second-order valence-corrected chi connectivity index (χ2v) is 14.7. The number of methoxy groups -OCH3 is 2. The van der Waals surface area contributed by atoms with Crippen molar-refractivity contribution in [3.05, 3.63) is 35.9 Å². The average molecular weight is 715 g/mol. The number of ether oxygens (including phenoxy) is 2. The molecule has 1 fully saturated rings. The van der Waals surface area contributed by atoms with Crippen molar-refractivity contribution in [3.63, 3.8) is 0 Å². The zero-order chi connectivity index (χ0) is 38.4. The Morgan fingerprint density at radius 1 is 1.00 bits per heavy atom. The molecular formula is C39H66N6O6. The van der Waals surface area contributed by atoms with Crippen LogP contribution in [0.25, 0.3) is 0 Å². The van der Waals surface area contributed by atoms with E-state index in [1.54, 1.807) is 33.1 Å². The summed E-state index contributed by atoms with van der Waals surface area (Å²) in [5.74, 6) is -1.31. The van der Waals surface area contributed by atoms with E-state index in [4.69, 9.17) is 9.47 Å². The number of benzene rings is 1. The zero-order valence-electron chi connectivity index (χ0n) is 33.1. The van der Waals surface area contributed by atoms with E-state index >= 15 is 0 Å². The lowest BCUT2D eigenvalue weighted by Crippen LogP contribution is -2.60. The van der Waals surface area contributed by atoms with Gasteiger partial charge in [-0.05, 0) is 64.4 Å². The van der Waals surface area contributed by atoms with Crippen LogP contribution < -0.4 is 10.6 Å². The van der Waals surface area contributed by atoms with Crippen LogP contribution in [-0.2, 0) is 35.1 Å². The lowest BCUT2D eigenvalue weighted by Gasteiger charge is -2.41. The Morgan fingerprint density at radius 3 is 2.18 bits per heavy atom. The maximum Gasteiger partial charge on any atom is 0.247 e. The first-order valence-electron chi connectivity index (χ1n) is 18.5. The number of likely N-dealkylation sites (tertiary alicyclic amines) is 1. The van der Waals surface area contributed by atoms with Crippen LogP contribution in [0, 0.1) is 17.8 Å². The first kappa shape index (κ1) is 43.8. The molecule has 288 valence electrons. The molecule has 0 aliphatic carbocycles. The van der Waals surface area contributed by atoms with Crippen molar-refractivity contribution < 1.29 is 28.7 Å². The Morgan fingerprint density at radius 2 is 1.65 bits per heavy atom. The molecule has 51 heavy (non-hydrogen) atoms. The molecule has 1 aliphatic rings. The lowest BCUT2D eigenvalue weighted by atomic mass is 9.89. The van der Waals surface area contributed by atoms with Gasteiger partial charge in [-0.15, -0.1) is 0 Å². The van der Waals surface area contributed by atoms with Gasteiger partial charge in [0.15, 0.2) is 0 Å². The number of aliphatic imine (C=N–C) groups is 1. The monoisotopic (exact) mass is 715 g/mol. The highest BCUT2D eigenvalue weighted by Crippen LogP contribution is 2.29. The molecule has 1 aromatic rings. The second-order valence-electron chi connectivity index (χ2n) is 14.7. The lowest BCUT2D eigenvalue weighted by molar-refractivity contribution is -0.147. The van der Waals surface area contributed by atoms with E-state index < -0.39 is 42.3 Å². The van der Waals surface area contributed by atoms with Crippen LogP contribution in [0.4, 0.5) is 0 Å². The summed E-state index contributed by atoms with van der Waals surface area (Å²) in [6.45, 7) is 16.3. The molecule has 0 radical (unpaired) electrons. The largest absolute Gasteiger partial charge is 0.379 e. The number of nitrogens with one attached hydrogen (secondary N) is 2. The predicted molar refractivity (Wildman–Crippen MR) is 203 cm³/mol. The van der Waals surface area contributed by atoms with Gasteiger partial charge in [-0.1, -0.05) is 71.4 Å². The van der Waals surface area contributed by atoms with Crippen molar-refractivity contribution in [2.75, 3.05) is 48.5 Å². The Balaban J connectivity index is 2.24. The van der Waals surface area contributed by atoms with Crippen molar-refractivity contribution >= 4 is 30.3 Å². The Labute approximate surface area is 307 Å². The van der Waals surface area contributed by atoms with E-state index in [2.05, 4.69) is 22.3 Å².